The molecule has 0 saturated carbocycles. The smallest absolute Gasteiger partial charge is 0.356 e. The predicted octanol–water partition coefficient (Wildman–Crippen LogP) is 4.73. The molecule has 0 atom stereocenters. The lowest BCUT2D eigenvalue weighted by atomic mass is 10.1. The van der Waals surface area contributed by atoms with Gasteiger partial charge in [-0.2, -0.15) is 0 Å². The second-order valence-electron chi connectivity index (χ2n) is 6.43. The number of pyridine rings is 1. The quantitative estimate of drug-likeness (QED) is 0.493. The van der Waals surface area contributed by atoms with Gasteiger partial charge >= 0.3 is 5.97 Å². The number of carbonyl (C=O) groups is 1. The van der Waals surface area contributed by atoms with Crippen molar-refractivity contribution in [3.63, 3.8) is 0 Å². The number of rotatable bonds is 4. The lowest BCUT2D eigenvalue weighted by molar-refractivity contribution is 0.0594. The summed E-state index contributed by atoms with van der Waals surface area (Å²) < 4.78 is 20.3. The highest BCUT2D eigenvalue weighted by molar-refractivity contribution is 6.10. The maximum absolute atomic E-state index is 13.3. The van der Waals surface area contributed by atoms with Gasteiger partial charge in [0.05, 0.1) is 18.3 Å². The van der Waals surface area contributed by atoms with Gasteiger partial charge in [-0.1, -0.05) is 37.3 Å². The van der Waals surface area contributed by atoms with Gasteiger partial charge in [0.25, 0.3) is 0 Å². The van der Waals surface area contributed by atoms with Crippen LogP contribution in [-0.4, -0.2) is 22.6 Å². The van der Waals surface area contributed by atoms with E-state index in [1.165, 1.54) is 19.2 Å². The zero-order valence-electron chi connectivity index (χ0n) is 15.2. The number of esters is 1. The topological polar surface area (TPSA) is 44.1 Å². The minimum Gasteiger partial charge on any atom is -0.464 e. The van der Waals surface area contributed by atoms with Crippen LogP contribution in [0.1, 0.15) is 28.7 Å². The molecule has 0 N–H and O–H groups in total. The van der Waals surface area contributed by atoms with Crippen molar-refractivity contribution >= 4 is 27.8 Å². The number of nitrogens with zero attached hydrogens (tertiary/aromatic N) is 2. The Morgan fingerprint density at radius 1 is 1.11 bits per heavy atom. The summed E-state index contributed by atoms with van der Waals surface area (Å²) in [4.78, 5) is 16.6. The fourth-order valence-electron chi connectivity index (χ4n) is 3.55. The highest BCUT2D eigenvalue weighted by Crippen LogP contribution is 2.32. The number of halogens is 1. The molecule has 136 valence electrons. The molecule has 2 aromatic carbocycles. The normalized spacial score (nSPS) is 11.2. The van der Waals surface area contributed by atoms with Crippen molar-refractivity contribution in [3.8, 4) is 0 Å². The molecule has 2 aromatic heterocycles. The third-order valence-electron chi connectivity index (χ3n) is 4.80. The second kappa shape index (κ2) is 6.83. The molecule has 0 unspecified atom stereocenters. The summed E-state index contributed by atoms with van der Waals surface area (Å²) in [7, 11) is 1.36. The number of hydrogen-bond acceptors (Lipinski definition) is 3. The van der Waals surface area contributed by atoms with Crippen LogP contribution >= 0.6 is 0 Å². The molecule has 0 radical (unpaired) electrons. The fourth-order valence-corrected chi connectivity index (χ4v) is 3.55. The van der Waals surface area contributed by atoms with Gasteiger partial charge in [0.1, 0.15) is 11.5 Å². The molecular weight excluding hydrogens is 343 g/mol. The van der Waals surface area contributed by atoms with Crippen molar-refractivity contribution in [1.82, 2.24) is 9.55 Å². The Hall–Kier alpha value is -3.21. The molecule has 0 saturated heterocycles. The summed E-state index contributed by atoms with van der Waals surface area (Å²) in [5.74, 6) is -0.693. The average molecular weight is 362 g/mol. The molecule has 0 amide bonds. The first-order valence-corrected chi connectivity index (χ1v) is 8.86. The van der Waals surface area contributed by atoms with Gasteiger partial charge in [-0.05, 0) is 36.2 Å². The summed E-state index contributed by atoms with van der Waals surface area (Å²) in [6.07, 6.45) is 0.682. The average Bonchev–Trinajstić information content (AvgIpc) is 3.02. The molecule has 4 nitrogen and oxygen atoms in total. The Bertz CT molecular complexity index is 1150. The van der Waals surface area contributed by atoms with E-state index in [2.05, 4.69) is 15.6 Å². The summed E-state index contributed by atoms with van der Waals surface area (Å²) in [6, 6.07) is 16.4. The first-order chi connectivity index (χ1) is 13.1. The van der Waals surface area contributed by atoms with Crippen molar-refractivity contribution in [2.24, 2.45) is 0 Å². The standard InChI is InChI=1S/C22H19FN2O2/c1-3-18-21-17(12-19(24-18)22(26)27-2)16-6-4-5-7-20(16)25(21)13-14-8-10-15(23)11-9-14/h4-12H,3,13H2,1-2H3. The zero-order valence-corrected chi connectivity index (χ0v) is 15.2. The van der Waals surface area contributed by atoms with Gasteiger partial charge < -0.3 is 9.30 Å². The number of fused-ring (bicyclic) bond motifs is 3. The molecule has 4 rings (SSSR count). The SMILES string of the molecule is CCc1nc(C(=O)OC)cc2c3ccccc3n(Cc3ccc(F)cc3)c12. The lowest BCUT2D eigenvalue weighted by Crippen LogP contribution is -2.08. The fraction of sp³-hybridized carbons (Fsp3) is 0.182. The first-order valence-electron chi connectivity index (χ1n) is 8.86. The summed E-state index contributed by atoms with van der Waals surface area (Å²) >= 11 is 0. The van der Waals surface area contributed by atoms with Gasteiger partial charge in [0.15, 0.2) is 0 Å². The van der Waals surface area contributed by atoms with Crippen LogP contribution in [0.15, 0.2) is 54.6 Å². The molecule has 2 heterocycles. The molecule has 0 bridgehead atoms. The Balaban J connectivity index is 2.01. The van der Waals surface area contributed by atoms with E-state index in [9.17, 15) is 9.18 Å². The maximum atomic E-state index is 13.3. The Morgan fingerprint density at radius 2 is 1.85 bits per heavy atom. The molecule has 0 aliphatic carbocycles. The predicted molar refractivity (Wildman–Crippen MR) is 103 cm³/mol. The van der Waals surface area contributed by atoms with Gasteiger partial charge in [-0.3, -0.25) is 0 Å². The minimum atomic E-state index is -0.443. The minimum absolute atomic E-state index is 0.250. The molecule has 0 aliphatic rings. The summed E-state index contributed by atoms with van der Waals surface area (Å²) in [5.41, 5.74) is 4.20. The second-order valence-corrected chi connectivity index (χ2v) is 6.43. The highest BCUT2D eigenvalue weighted by Gasteiger charge is 2.18. The van der Waals surface area contributed by atoms with E-state index in [4.69, 9.17) is 4.74 Å². The van der Waals surface area contributed by atoms with E-state index in [-0.39, 0.29) is 5.82 Å². The number of ether oxygens (including phenoxy) is 1. The molecule has 0 aliphatic heterocycles. The third-order valence-corrected chi connectivity index (χ3v) is 4.80. The van der Waals surface area contributed by atoms with Crippen LogP contribution in [0.5, 0.6) is 0 Å². The number of hydrogen-bond donors (Lipinski definition) is 0. The van der Waals surface area contributed by atoms with E-state index in [1.54, 1.807) is 18.2 Å². The molecule has 27 heavy (non-hydrogen) atoms. The Morgan fingerprint density at radius 3 is 2.56 bits per heavy atom. The van der Waals surface area contributed by atoms with E-state index in [0.717, 1.165) is 33.1 Å². The Kier molecular flexibility index (Phi) is 4.36. The zero-order chi connectivity index (χ0) is 19.0. The molecule has 0 spiro atoms. The molecule has 5 heteroatoms. The number of carbonyl (C=O) groups excluding carboxylic acids is 1. The van der Waals surface area contributed by atoms with Crippen LogP contribution in [0, 0.1) is 5.82 Å². The van der Waals surface area contributed by atoms with Crippen LogP contribution in [0.25, 0.3) is 21.8 Å². The number of aryl methyl sites for hydroxylation is 1. The molecular formula is C22H19FN2O2. The monoisotopic (exact) mass is 362 g/mol. The third kappa shape index (κ3) is 2.95. The first kappa shape index (κ1) is 17.2. The summed E-state index contributed by atoms with van der Waals surface area (Å²) in [6.45, 7) is 2.61. The van der Waals surface area contributed by atoms with Crippen LogP contribution in [0.4, 0.5) is 4.39 Å². The van der Waals surface area contributed by atoms with Crippen molar-refractivity contribution in [2.45, 2.75) is 19.9 Å². The maximum Gasteiger partial charge on any atom is 0.356 e. The van der Waals surface area contributed by atoms with Crippen LogP contribution in [-0.2, 0) is 17.7 Å². The lowest BCUT2D eigenvalue weighted by Gasteiger charge is -2.11. The van der Waals surface area contributed by atoms with Crippen molar-refractivity contribution in [3.05, 3.63) is 77.4 Å². The van der Waals surface area contributed by atoms with Gasteiger partial charge in [-0.15, -0.1) is 0 Å². The number of benzene rings is 2. The van der Waals surface area contributed by atoms with Gasteiger partial charge in [-0.25, -0.2) is 14.2 Å². The van der Waals surface area contributed by atoms with E-state index in [1.807, 2.05) is 25.1 Å². The number of methoxy groups -OCH3 is 1. The Labute approximate surface area is 156 Å². The number of para-hydroxylation sites is 1. The van der Waals surface area contributed by atoms with Crippen LogP contribution in [0.2, 0.25) is 0 Å². The number of aromatic nitrogens is 2. The van der Waals surface area contributed by atoms with Gasteiger partial charge in [0.2, 0.25) is 0 Å². The van der Waals surface area contributed by atoms with Crippen LogP contribution < -0.4 is 0 Å². The van der Waals surface area contributed by atoms with Crippen molar-refractivity contribution < 1.29 is 13.9 Å². The van der Waals surface area contributed by atoms with E-state index < -0.39 is 5.97 Å². The van der Waals surface area contributed by atoms with E-state index >= 15 is 0 Å². The molecule has 0 fully saturated rings. The van der Waals surface area contributed by atoms with Crippen molar-refractivity contribution in [2.75, 3.05) is 7.11 Å². The largest absolute Gasteiger partial charge is 0.464 e. The van der Waals surface area contributed by atoms with Crippen LogP contribution in [0.3, 0.4) is 0 Å². The highest BCUT2D eigenvalue weighted by atomic mass is 19.1. The molecule has 4 aromatic rings. The van der Waals surface area contributed by atoms with Gasteiger partial charge in [0, 0.05) is 22.8 Å². The summed E-state index contributed by atoms with van der Waals surface area (Å²) in [5, 5.41) is 2.02. The van der Waals surface area contributed by atoms with E-state index in [0.29, 0.717) is 18.7 Å². The van der Waals surface area contributed by atoms with Crippen molar-refractivity contribution in [1.29, 1.82) is 0 Å².